The number of carboxylic acid groups (broad SMARTS) is 1. The molecule has 0 amide bonds. The van der Waals surface area contributed by atoms with Gasteiger partial charge in [-0.2, -0.15) is 5.10 Å². The van der Waals surface area contributed by atoms with Gasteiger partial charge >= 0.3 is 5.97 Å². The van der Waals surface area contributed by atoms with E-state index in [1.54, 1.807) is 29.8 Å². The second kappa shape index (κ2) is 6.03. The van der Waals surface area contributed by atoms with Crippen molar-refractivity contribution >= 4 is 38.3 Å². The lowest BCUT2D eigenvalue weighted by Gasteiger charge is -2.07. The first-order valence-corrected chi connectivity index (χ1v) is 9.16. The van der Waals surface area contributed by atoms with Crippen LogP contribution in [0.3, 0.4) is 0 Å². The molecule has 2 aromatic carbocycles. The number of aromatic amines is 1. The second-order valence-electron chi connectivity index (χ2n) is 6.24. The first-order chi connectivity index (χ1) is 13.2. The molecule has 0 aliphatic heterocycles. The van der Waals surface area contributed by atoms with E-state index in [1.807, 2.05) is 18.2 Å². The number of hydrogen-bond acceptors (Lipinski definition) is 4. The molecule has 0 spiro atoms. The minimum atomic E-state index is -1.03. The highest BCUT2D eigenvalue weighted by molar-refractivity contribution is 7.22. The van der Waals surface area contributed by atoms with E-state index in [9.17, 15) is 4.79 Å². The van der Waals surface area contributed by atoms with E-state index >= 15 is 0 Å². The van der Waals surface area contributed by atoms with E-state index in [4.69, 9.17) is 5.11 Å². The van der Waals surface area contributed by atoms with Crippen molar-refractivity contribution in [2.24, 2.45) is 0 Å². The summed E-state index contributed by atoms with van der Waals surface area (Å²) >= 11 is 1.74. The third-order valence-corrected chi connectivity index (χ3v) is 5.71. The number of rotatable bonds is 3. The number of H-pyrrole nitrogens is 1. The van der Waals surface area contributed by atoms with Gasteiger partial charge in [-0.15, -0.1) is 11.3 Å². The number of thiophene rings is 1. The van der Waals surface area contributed by atoms with Gasteiger partial charge in [0.05, 0.1) is 11.7 Å². The maximum atomic E-state index is 11.0. The Bertz CT molecular complexity index is 1270. The molecule has 0 aliphatic carbocycles. The molecule has 3 heterocycles. The number of nitrogens with zero attached hydrogens (tertiary/aromatic N) is 2. The predicted molar refractivity (Wildman–Crippen MR) is 107 cm³/mol. The zero-order valence-corrected chi connectivity index (χ0v) is 14.8. The van der Waals surface area contributed by atoms with Crippen molar-refractivity contribution in [1.29, 1.82) is 0 Å². The Kier molecular flexibility index (Phi) is 3.51. The normalized spacial score (nSPS) is 11.3. The van der Waals surface area contributed by atoms with Gasteiger partial charge in [0.25, 0.3) is 0 Å². The molecule has 6 heteroatoms. The molecule has 0 saturated heterocycles. The molecular weight excluding hydrogens is 358 g/mol. The van der Waals surface area contributed by atoms with Gasteiger partial charge in [0.2, 0.25) is 0 Å². The Labute approximate surface area is 157 Å². The Morgan fingerprint density at radius 1 is 0.963 bits per heavy atom. The molecule has 0 fully saturated rings. The van der Waals surface area contributed by atoms with Crippen LogP contribution in [0.5, 0.6) is 0 Å². The molecule has 0 aliphatic rings. The van der Waals surface area contributed by atoms with Gasteiger partial charge in [0.15, 0.2) is 0 Å². The van der Waals surface area contributed by atoms with Crippen LogP contribution in [0.2, 0.25) is 0 Å². The SMILES string of the molecule is O=C(O)c1ccc(-c2cc(-c3cc4ccccc4s3)c3[nH]ncc3c2)cn1. The summed E-state index contributed by atoms with van der Waals surface area (Å²) in [5.41, 5.74) is 3.93. The molecule has 5 rings (SSSR count). The van der Waals surface area contributed by atoms with Gasteiger partial charge in [-0.1, -0.05) is 24.3 Å². The molecule has 130 valence electrons. The molecule has 2 N–H and O–H groups in total. The van der Waals surface area contributed by atoms with Crippen LogP contribution >= 0.6 is 11.3 Å². The highest BCUT2D eigenvalue weighted by Crippen LogP contribution is 2.38. The summed E-state index contributed by atoms with van der Waals surface area (Å²) in [6.45, 7) is 0. The zero-order chi connectivity index (χ0) is 18.4. The Hall–Kier alpha value is -3.51. The Morgan fingerprint density at radius 3 is 2.63 bits per heavy atom. The van der Waals surface area contributed by atoms with Crippen molar-refractivity contribution in [3.05, 3.63) is 72.7 Å². The number of aromatic nitrogens is 3. The van der Waals surface area contributed by atoms with Crippen molar-refractivity contribution < 1.29 is 9.90 Å². The smallest absolute Gasteiger partial charge is 0.354 e. The van der Waals surface area contributed by atoms with Gasteiger partial charge in [0.1, 0.15) is 5.69 Å². The van der Waals surface area contributed by atoms with E-state index in [0.717, 1.165) is 32.5 Å². The zero-order valence-electron chi connectivity index (χ0n) is 14.0. The van der Waals surface area contributed by atoms with E-state index < -0.39 is 5.97 Å². The maximum Gasteiger partial charge on any atom is 0.354 e. The molecule has 5 aromatic rings. The number of nitrogens with one attached hydrogen (secondary N) is 1. The average molecular weight is 371 g/mol. The molecule has 5 nitrogen and oxygen atoms in total. The summed E-state index contributed by atoms with van der Waals surface area (Å²) in [6, 6.07) is 17.9. The van der Waals surface area contributed by atoms with Gasteiger partial charge < -0.3 is 5.11 Å². The van der Waals surface area contributed by atoms with Gasteiger partial charge in [0, 0.05) is 32.3 Å². The second-order valence-corrected chi connectivity index (χ2v) is 7.33. The monoisotopic (exact) mass is 371 g/mol. The lowest BCUT2D eigenvalue weighted by molar-refractivity contribution is 0.0690. The summed E-state index contributed by atoms with van der Waals surface area (Å²) in [4.78, 5) is 16.2. The van der Waals surface area contributed by atoms with E-state index in [2.05, 4.69) is 39.4 Å². The lowest BCUT2D eigenvalue weighted by atomic mass is 10.0. The first-order valence-electron chi connectivity index (χ1n) is 8.35. The van der Waals surface area contributed by atoms with Crippen LogP contribution in [0, 0.1) is 0 Å². The molecule has 0 radical (unpaired) electrons. The molecule has 0 atom stereocenters. The van der Waals surface area contributed by atoms with E-state index in [0.29, 0.717) is 0 Å². The molecular formula is C21H13N3O2S. The van der Waals surface area contributed by atoms with E-state index in [-0.39, 0.29) is 5.69 Å². The summed E-state index contributed by atoms with van der Waals surface area (Å²) in [7, 11) is 0. The van der Waals surface area contributed by atoms with Gasteiger partial charge in [-0.3, -0.25) is 5.10 Å². The Balaban J connectivity index is 1.70. The number of pyridine rings is 1. The van der Waals surface area contributed by atoms with Gasteiger partial charge in [-0.25, -0.2) is 9.78 Å². The molecule has 3 aromatic heterocycles. The highest BCUT2D eigenvalue weighted by Gasteiger charge is 2.13. The summed E-state index contributed by atoms with van der Waals surface area (Å²) < 4.78 is 1.23. The number of aromatic carboxylic acids is 1. The first kappa shape index (κ1) is 15.7. The van der Waals surface area contributed by atoms with Crippen molar-refractivity contribution in [2.75, 3.05) is 0 Å². The van der Waals surface area contributed by atoms with Crippen molar-refractivity contribution in [3.63, 3.8) is 0 Å². The van der Waals surface area contributed by atoms with E-state index in [1.165, 1.54) is 16.2 Å². The van der Waals surface area contributed by atoms with Crippen molar-refractivity contribution in [2.45, 2.75) is 0 Å². The maximum absolute atomic E-state index is 11.0. The number of hydrogen-bond donors (Lipinski definition) is 2. The third kappa shape index (κ3) is 2.67. The van der Waals surface area contributed by atoms with Gasteiger partial charge in [-0.05, 0) is 41.3 Å². The molecule has 0 saturated carbocycles. The van der Waals surface area contributed by atoms with Crippen molar-refractivity contribution in [3.8, 4) is 21.6 Å². The fourth-order valence-electron chi connectivity index (χ4n) is 3.22. The standard InChI is InChI=1S/C21H13N3O2S/c25-21(26)17-6-5-13(10-22-17)14-7-15-11-23-24-20(15)16(8-14)19-9-12-3-1-2-4-18(12)27-19/h1-11H,(H,23,24)(H,25,26). The van der Waals surface area contributed by atoms with Crippen LogP contribution in [0.15, 0.2) is 67.0 Å². The minimum absolute atomic E-state index is 0.0351. The summed E-state index contributed by atoms with van der Waals surface area (Å²) in [5.74, 6) is -1.03. The molecule has 27 heavy (non-hydrogen) atoms. The highest BCUT2D eigenvalue weighted by atomic mass is 32.1. The third-order valence-electron chi connectivity index (χ3n) is 4.56. The fourth-order valence-corrected chi connectivity index (χ4v) is 4.31. The van der Waals surface area contributed by atoms with Crippen LogP contribution in [0.1, 0.15) is 10.5 Å². The number of carboxylic acids is 1. The molecule has 0 bridgehead atoms. The number of carbonyl (C=O) groups is 1. The fraction of sp³-hybridized carbons (Fsp3) is 0. The summed E-state index contributed by atoms with van der Waals surface area (Å²) in [5, 5.41) is 18.6. The van der Waals surface area contributed by atoms with Crippen LogP contribution in [0.25, 0.3) is 42.6 Å². The lowest BCUT2D eigenvalue weighted by Crippen LogP contribution is -1.99. The minimum Gasteiger partial charge on any atom is -0.477 e. The average Bonchev–Trinajstić information content (AvgIpc) is 3.33. The number of benzene rings is 2. The molecule has 0 unspecified atom stereocenters. The van der Waals surface area contributed by atoms with Crippen LogP contribution in [0.4, 0.5) is 0 Å². The van der Waals surface area contributed by atoms with Crippen LogP contribution in [-0.4, -0.2) is 26.3 Å². The van der Waals surface area contributed by atoms with Crippen LogP contribution in [-0.2, 0) is 0 Å². The predicted octanol–water partition coefficient (Wildman–Crippen LogP) is 5.20. The van der Waals surface area contributed by atoms with Crippen LogP contribution < -0.4 is 0 Å². The quantitative estimate of drug-likeness (QED) is 0.457. The van der Waals surface area contributed by atoms with Crippen molar-refractivity contribution in [1.82, 2.24) is 15.2 Å². The summed E-state index contributed by atoms with van der Waals surface area (Å²) in [6.07, 6.45) is 3.40. The Morgan fingerprint density at radius 2 is 1.85 bits per heavy atom. The largest absolute Gasteiger partial charge is 0.477 e. The topological polar surface area (TPSA) is 78.9 Å². The number of fused-ring (bicyclic) bond motifs is 2.